The third kappa shape index (κ3) is 4.52. The zero-order chi connectivity index (χ0) is 12.7. The molecule has 0 bridgehead atoms. The fourth-order valence-electron chi connectivity index (χ4n) is 1.22. The van der Waals surface area contributed by atoms with Gasteiger partial charge in [0.25, 0.3) is 0 Å². The van der Waals surface area contributed by atoms with Crippen LogP contribution in [-0.2, 0) is 4.79 Å². The quantitative estimate of drug-likeness (QED) is 0.620. The van der Waals surface area contributed by atoms with E-state index in [2.05, 4.69) is 16.0 Å². The molecule has 0 aliphatic carbocycles. The summed E-state index contributed by atoms with van der Waals surface area (Å²) in [7, 11) is 1.53. The topological polar surface area (TPSA) is 96.2 Å². The minimum Gasteiger partial charge on any atom is -0.341 e. The first-order valence-electron chi connectivity index (χ1n) is 5.24. The average Bonchev–Trinajstić information content (AvgIpc) is 2.29. The fourth-order valence-corrected chi connectivity index (χ4v) is 1.22. The highest BCUT2D eigenvalue weighted by Crippen LogP contribution is 2.15. The van der Waals surface area contributed by atoms with E-state index >= 15 is 0 Å². The SMILES string of the molecule is CNC(=O)Nc1cccc(NC(=O)CCN)c1. The second-order valence-corrected chi connectivity index (χ2v) is 3.37. The van der Waals surface area contributed by atoms with Gasteiger partial charge >= 0.3 is 6.03 Å². The summed E-state index contributed by atoms with van der Waals surface area (Å²) in [4.78, 5) is 22.4. The molecule has 0 fully saturated rings. The van der Waals surface area contributed by atoms with Crippen molar-refractivity contribution >= 4 is 23.3 Å². The van der Waals surface area contributed by atoms with Gasteiger partial charge in [0.15, 0.2) is 0 Å². The van der Waals surface area contributed by atoms with Gasteiger partial charge in [-0.25, -0.2) is 4.79 Å². The van der Waals surface area contributed by atoms with Crippen molar-refractivity contribution in [2.75, 3.05) is 24.2 Å². The summed E-state index contributed by atoms with van der Waals surface area (Å²) >= 11 is 0. The smallest absolute Gasteiger partial charge is 0.318 e. The number of anilines is 2. The van der Waals surface area contributed by atoms with Crippen molar-refractivity contribution in [3.8, 4) is 0 Å². The first-order valence-corrected chi connectivity index (χ1v) is 5.24. The van der Waals surface area contributed by atoms with E-state index in [1.165, 1.54) is 7.05 Å². The molecular formula is C11H16N4O2. The normalized spacial score (nSPS) is 9.53. The highest BCUT2D eigenvalue weighted by molar-refractivity contribution is 5.93. The highest BCUT2D eigenvalue weighted by atomic mass is 16.2. The second-order valence-electron chi connectivity index (χ2n) is 3.37. The maximum absolute atomic E-state index is 11.3. The monoisotopic (exact) mass is 236 g/mol. The molecule has 1 rings (SSSR count). The van der Waals surface area contributed by atoms with Gasteiger partial charge in [0, 0.05) is 31.4 Å². The lowest BCUT2D eigenvalue weighted by molar-refractivity contribution is -0.116. The Balaban J connectivity index is 2.65. The molecule has 6 nitrogen and oxygen atoms in total. The van der Waals surface area contributed by atoms with Crippen molar-refractivity contribution in [2.24, 2.45) is 5.73 Å². The Morgan fingerprint density at radius 1 is 1.24 bits per heavy atom. The molecule has 1 aromatic carbocycles. The van der Waals surface area contributed by atoms with E-state index in [9.17, 15) is 9.59 Å². The van der Waals surface area contributed by atoms with Gasteiger partial charge in [-0.05, 0) is 18.2 Å². The van der Waals surface area contributed by atoms with Crippen molar-refractivity contribution in [3.05, 3.63) is 24.3 Å². The van der Waals surface area contributed by atoms with E-state index in [0.717, 1.165) is 0 Å². The number of nitrogens with two attached hydrogens (primary N) is 1. The van der Waals surface area contributed by atoms with Gasteiger partial charge in [-0.3, -0.25) is 4.79 Å². The summed E-state index contributed by atoms with van der Waals surface area (Å²) in [6.45, 7) is 0.308. The van der Waals surface area contributed by atoms with E-state index in [1.807, 2.05) is 0 Å². The molecule has 0 aliphatic rings. The Kier molecular flexibility index (Phi) is 4.96. The van der Waals surface area contributed by atoms with Crippen LogP contribution in [0.15, 0.2) is 24.3 Å². The second kappa shape index (κ2) is 6.49. The minimum absolute atomic E-state index is 0.149. The molecule has 0 saturated carbocycles. The first-order chi connectivity index (χ1) is 8.15. The fraction of sp³-hybridized carbons (Fsp3) is 0.273. The van der Waals surface area contributed by atoms with Crippen molar-refractivity contribution in [2.45, 2.75) is 6.42 Å². The first kappa shape index (κ1) is 13.0. The lowest BCUT2D eigenvalue weighted by atomic mass is 10.2. The maximum atomic E-state index is 11.3. The molecule has 0 spiro atoms. The molecule has 0 aromatic heterocycles. The number of carbonyl (C=O) groups is 2. The summed E-state index contributed by atoms with van der Waals surface area (Å²) in [5.41, 5.74) is 6.50. The summed E-state index contributed by atoms with van der Waals surface area (Å²) < 4.78 is 0. The van der Waals surface area contributed by atoms with Crippen LogP contribution in [0.1, 0.15) is 6.42 Å². The van der Waals surface area contributed by atoms with Crippen molar-refractivity contribution < 1.29 is 9.59 Å². The van der Waals surface area contributed by atoms with Crippen LogP contribution in [0, 0.1) is 0 Å². The Morgan fingerprint density at radius 2 is 1.88 bits per heavy atom. The van der Waals surface area contributed by atoms with Gasteiger partial charge in [-0.15, -0.1) is 0 Å². The van der Waals surface area contributed by atoms with Crippen molar-refractivity contribution in [1.82, 2.24) is 5.32 Å². The third-order valence-electron chi connectivity index (χ3n) is 2.00. The van der Waals surface area contributed by atoms with Gasteiger partial charge < -0.3 is 21.7 Å². The van der Waals surface area contributed by atoms with Crippen LogP contribution in [0.3, 0.4) is 0 Å². The van der Waals surface area contributed by atoms with Crippen LogP contribution in [0.4, 0.5) is 16.2 Å². The Labute approximate surface area is 99.6 Å². The predicted molar refractivity (Wildman–Crippen MR) is 66.8 cm³/mol. The van der Waals surface area contributed by atoms with Gasteiger partial charge in [0.05, 0.1) is 0 Å². The number of amides is 3. The number of rotatable bonds is 4. The van der Waals surface area contributed by atoms with Crippen LogP contribution >= 0.6 is 0 Å². The van der Waals surface area contributed by atoms with E-state index in [0.29, 0.717) is 17.9 Å². The Bertz CT molecular complexity index is 406. The van der Waals surface area contributed by atoms with Crippen molar-refractivity contribution in [3.63, 3.8) is 0 Å². The molecule has 92 valence electrons. The standard InChI is InChI=1S/C11H16N4O2/c1-13-11(17)15-9-4-2-3-8(7-9)14-10(16)5-6-12/h2-4,7H,5-6,12H2,1H3,(H,14,16)(H2,13,15,17). The van der Waals surface area contributed by atoms with E-state index in [1.54, 1.807) is 24.3 Å². The third-order valence-corrected chi connectivity index (χ3v) is 2.00. The molecule has 3 amide bonds. The summed E-state index contributed by atoms with van der Waals surface area (Å²) in [5.74, 6) is -0.149. The zero-order valence-corrected chi connectivity index (χ0v) is 9.62. The Morgan fingerprint density at radius 3 is 2.47 bits per heavy atom. The summed E-state index contributed by atoms with van der Waals surface area (Å²) in [5, 5.41) is 7.74. The number of benzene rings is 1. The molecule has 0 heterocycles. The summed E-state index contributed by atoms with van der Waals surface area (Å²) in [6, 6.07) is 6.57. The molecule has 0 unspecified atom stereocenters. The van der Waals surface area contributed by atoms with Crippen LogP contribution in [0.2, 0.25) is 0 Å². The predicted octanol–water partition coefficient (Wildman–Crippen LogP) is 0.725. The molecule has 5 N–H and O–H groups in total. The van der Waals surface area contributed by atoms with Crippen LogP contribution in [0.25, 0.3) is 0 Å². The van der Waals surface area contributed by atoms with Crippen molar-refractivity contribution in [1.29, 1.82) is 0 Å². The van der Waals surface area contributed by atoms with Crippen LogP contribution in [-0.4, -0.2) is 25.5 Å². The zero-order valence-electron chi connectivity index (χ0n) is 9.62. The van der Waals surface area contributed by atoms with Gasteiger partial charge in [-0.2, -0.15) is 0 Å². The molecule has 17 heavy (non-hydrogen) atoms. The van der Waals surface area contributed by atoms with Crippen LogP contribution < -0.4 is 21.7 Å². The largest absolute Gasteiger partial charge is 0.341 e. The molecular weight excluding hydrogens is 220 g/mol. The number of nitrogens with one attached hydrogen (secondary N) is 3. The average molecular weight is 236 g/mol. The Hall–Kier alpha value is -2.08. The lowest BCUT2D eigenvalue weighted by Crippen LogP contribution is -2.24. The molecule has 0 aliphatic heterocycles. The highest BCUT2D eigenvalue weighted by Gasteiger charge is 2.03. The number of urea groups is 1. The van der Waals surface area contributed by atoms with Crippen LogP contribution in [0.5, 0.6) is 0 Å². The lowest BCUT2D eigenvalue weighted by Gasteiger charge is -2.08. The van der Waals surface area contributed by atoms with E-state index in [4.69, 9.17) is 5.73 Å². The molecule has 0 atom stereocenters. The maximum Gasteiger partial charge on any atom is 0.318 e. The number of carbonyl (C=O) groups excluding carboxylic acids is 2. The summed E-state index contributed by atoms with van der Waals surface area (Å²) in [6.07, 6.45) is 0.271. The molecule has 6 heteroatoms. The van der Waals surface area contributed by atoms with E-state index < -0.39 is 0 Å². The van der Waals surface area contributed by atoms with Gasteiger partial charge in [-0.1, -0.05) is 6.07 Å². The van der Waals surface area contributed by atoms with Gasteiger partial charge in [0.2, 0.25) is 5.91 Å². The minimum atomic E-state index is -0.310. The molecule has 1 aromatic rings. The van der Waals surface area contributed by atoms with E-state index in [-0.39, 0.29) is 18.4 Å². The number of hydrogen-bond acceptors (Lipinski definition) is 3. The molecule has 0 radical (unpaired) electrons. The number of hydrogen-bond donors (Lipinski definition) is 4. The van der Waals surface area contributed by atoms with Gasteiger partial charge in [0.1, 0.15) is 0 Å². The molecule has 0 saturated heterocycles.